The van der Waals surface area contributed by atoms with Crippen LogP contribution in [0.2, 0.25) is 0 Å². The molecule has 0 unspecified atom stereocenters. The van der Waals surface area contributed by atoms with Crippen LogP contribution in [0.1, 0.15) is 11.3 Å². The molecule has 1 aromatic carbocycles. The lowest BCUT2D eigenvalue weighted by Gasteiger charge is -1.98. The van der Waals surface area contributed by atoms with E-state index in [4.69, 9.17) is 0 Å². The first-order valence-corrected chi connectivity index (χ1v) is 4.28. The molecule has 0 bridgehead atoms. The fourth-order valence-corrected chi connectivity index (χ4v) is 1.36. The van der Waals surface area contributed by atoms with Crippen LogP contribution in [0.5, 0.6) is 0 Å². The van der Waals surface area contributed by atoms with Gasteiger partial charge in [0.2, 0.25) is 0 Å². The molecule has 0 radical (unpaired) electrons. The van der Waals surface area contributed by atoms with Crippen molar-refractivity contribution in [2.24, 2.45) is 0 Å². The second-order valence-corrected chi connectivity index (χ2v) is 3.08. The van der Waals surface area contributed by atoms with Crippen LogP contribution in [-0.2, 0) is 0 Å². The molecule has 1 nitrogen and oxygen atoms in total. The smallest absolute Gasteiger partial charge is 0.111 e. The van der Waals surface area contributed by atoms with Crippen LogP contribution in [0.25, 0.3) is 10.9 Å². The van der Waals surface area contributed by atoms with Gasteiger partial charge in [-0.05, 0) is 37.1 Å². The van der Waals surface area contributed by atoms with Gasteiger partial charge in [-0.15, -0.1) is 4.39 Å². The third-order valence-corrected chi connectivity index (χ3v) is 2.02. The van der Waals surface area contributed by atoms with Crippen molar-refractivity contribution in [3.05, 3.63) is 41.6 Å². The molecule has 0 spiro atoms. The first-order chi connectivity index (χ1) is 6.79. The zero-order valence-electron chi connectivity index (χ0n) is 7.71. The lowest BCUT2D eigenvalue weighted by molar-refractivity contribution is 0.774. The van der Waals surface area contributed by atoms with E-state index in [1.807, 2.05) is 31.2 Å². The molecule has 1 aromatic heterocycles. The summed E-state index contributed by atoms with van der Waals surface area (Å²) in [5.74, 6) is 2.37. The van der Waals surface area contributed by atoms with Crippen molar-refractivity contribution >= 4 is 10.9 Å². The van der Waals surface area contributed by atoms with Gasteiger partial charge >= 0.3 is 0 Å². The fourth-order valence-electron chi connectivity index (χ4n) is 1.36. The number of aryl methyl sites for hydroxylation is 1. The molecular weight excluding hydrogens is 177 g/mol. The van der Waals surface area contributed by atoms with Crippen LogP contribution < -0.4 is 0 Å². The lowest BCUT2D eigenvalue weighted by Crippen LogP contribution is -1.83. The molecule has 0 saturated heterocycles. The van der Waals surface area contributed by atoms with Gasteiger partial charge in [-0.2, -0.15) is 0 Å². The summed E-state index contributed by atoms with van der Waals surface area (Å²) >= 11 is 0. The second kappa shape index (κ2) is 3.47. The highest BCUT2D eigenvalue weighted by Crippen LogP contribution is 2.13. The van der Waals surface area contributed by atoms with Gasteiger partial charge in [-0.1, -0.05) is 6.07 Å². The first kappa shape index (κ1) is 8.71. The molecule has 0 N–H and O–H groups in total. The monoisotopic (exact) mass is 185 g/mol. The van der Waals surface area contributed by atoms with Gasteiger partial charge in [0.1, 0.15) is 6.17 Å². The minimum Gasteiger partial charge on any atom is -0.253 e. The van der Waals surface area contributed by atoms with E-state index in [0.29, 0.717) is 5.56 Å². The predicted octanol–water partition coefficient (Wildman–Crippen LogP) is 2.82. The highest BCUT2D eigenvalue weighted by Gasteiger charge is 1.95. The Labute approximate surface area is 81.6 Å². The van der Waals surface area contributed by atoms with Gasteiger partial charge in [0, 0.05) is 16.6 Å². The van der Waals surface area contributed by atoms with Gasteiger partial charge in [0.05, 0.1) is 5.52 Å². The van der Waals surface area contributed by atoms with E-state index >= 15 is 0 Å². The molecule has 0 atom stereocenters. The summed E-state index contributed by atoms with van der Waals surface area (Å²) in [5, 5.41) is 0.982. The average Bonchev–Trinajstić information content (AvgIpc) is 2.19. The Morgan fingerprint density at radius 2 is 2.07 bits per heavy atom. The van der Waals surface area contributed by atoms with Gasteiger partial charge in [-0.25, -0.2) is 0 Å². The van der Waals surface area contributed by atoms with Crippen molar-refractivity contribution in [1.82, 2.24) is 4.98 Å². The van der Waals surface area contributed by atoms with Crippen molar-refractivity contribution < 1.29 is 4.39 Å². The summed E-state index contributed by atoms with van der Waals surface area (Å²) in [7, 11) is 0. The van der Waals surface area contributed by atoms with Gasteiger partial charge < -0.3 is 0 Å². The summed E-state index contributed by atoms with van der Waals surface area (Å²) in [5.41, 5.74) is 2.56. The van der Waals surface area contributed by atoms with Crippen molar-refractivity contribution in [2.45, 2.75) is 6.92 Å². The molecule has 0 aliphatic rings. The summed E-state index contributed by atoms with van der Waals surface area (Å²) in [4.78, 5) is 4.33. The first-order valence-electron chi connectivity index (χ1n) is 4.28. The molecule has 2 aromatic rings. The van der Waals surface area contributed by atoms with E-state index in [2.05, 4.69) is 10.9 Å². The van der Waals surface area contributed by atoms with Crippen LogP contribution >= 0.6 is 0 Å². The maximum absolute atomic E-state index is 11.8. The molecule has 0 amide bonds. The standard InChI is InChI=1S/C12H8FN/c1-9-2-4-11-8-10(6-7-13)3-5-12(11)14-9/h2-5,8H,1H3. The number of benzene rings is 1. The lowest BCUT2D eigenvalue weighted by atomic mass is 10.1. The highest BCUT2D eigenvalue weighted by molar-refractivity contribution is 5.80. The number of halogens is 1. The number of fused-ring (bicyclic) bond motifs is 1. The Balaban J connectivity index is 2.65. The van der Waals surface area contributed by atoms with Crippen molar-refractivity contribution in [1.29, 1.82) is 0 Å². The van der Waals surface area contributed by atoms with E-state index in [1.54, 1.807) is 6.07 Å². The van der Waals surface area contributed by atoms with E-state index in [0.717, 1.165) is 16.6 Å². The summed E-state index contributed by atoms with van der Waals surface area (Å²) in [6.07, 6.45) is 1.39. The fraction of sp³-hybridized carbons (Fsp3) is 0.0833. The molecule has 0 aliphatic carbocycles. The zero-order valence-corrected chi connectivity index (χ0v) is 7.71. The summed E-state index contributed by atoms with van der Waals surface area (Å²) in [6.45, 7) is 1.94. The predicted molar refractivity (Wildman–Crippen MR) is 54.5 cm³/mol. The van der Waals surface area contributed by atoms with E-state index in [-0.39, 0.29) is 0 Å². The summed E-state index contributed by atoms with van der Waals surface area (Å²) < 4.78 is 11.8. The number of rotatable bonds is 0. The maximum atomic E-state index is 11.8. The van der Waals surface area contributed by atoms with E-state index in [9.17, 15) is 4.39 Å². The number of hydrogen-bond donors (Lipinski definition) is 0. The Bertz CT molecular complexity index is 535. The molecular formula is C12H8FN. The molecule has 0 aliphatic heterocycles. The Morgan fingerprint density at radius 3 is 2.86 bits per heavy atom. The largest absolute Gasteiger partial charge is 0.253 e. The number of pyridine rings is 1. The zero-order chi connectivity index (χ0) is 9.97. The van der Waals surface area contributed by atoms with E-state index < -0.39 is 0 Å². The maximum Gasteiger partial charge on any atom is 0.111 e. The molecule has 68 valence electrons. The van der Waals surface area contributed by atoms with Crippen molar-refractivity contribution in [3.8, 4) is 12.1 Å². The molecule has 0 saturated carbocycles. The Kier molecular flexibility index (Phi) is 2.16. The molecule has 2 heteroatoms. The van der Waals surface area contributed by atoms with Crippen LogP contribution in [0.3, 0.4) is 0 Å². The minimum absolute atomic E-state index is 0.672. The normalized spacial score (nSPS) is 9.57. The van der Waals surface area contributed by atoms with Crippen LogP contribution in [0.15, 0.2) is 30.3 Å². The van der Waals surface area contributed by atoms with Crippen LogP contribution in [0.4, 0.5) is 4.39 Å². The SMILES string of the molecule is Cc1ccc2cc(C#CF)ccc2n1. The third-order valence-electron chi connectivity index (χ3n) is 2.02. The second-order valence-electron chi connectivity index (χ2n) is 3.08. The number of nitrogens with zero attached hydrogens (tertiary/aromatic N) is 1. The Hall–Kier alpha value is -1.88. The van der Waals surface area contributed by atoms with Gasteiger partial charge in [-0.3, -0.25) is 4.98 Å². The molecule has 1 heterocycles. The minimum atomic E-state index is 0.672. The van der Waals surface area contributed by atoms with Gasteiger partial charge in [0.25, 0.3) is 0 Å². The van der Waals surface area contributed by atoms with Crippen molar-refractivity contribution in [2.75, 3.05) is 0 Å². The molecule has 14 heavy (non-hydrogen) atoms. The molecule has 2 rings (SSSR count). The third kappa shape index (κ3) is 1.57. The van der Waals surface area contributed by atoms with Gasteiger partial charge in [0.15, 0.2) is 0 Å². The molecule has 0 fully saturated rings. The number of aromatic nitrogens is 1. The van der Waals surface area contributed by atoms with E-state index in [1.165, 1.54) is 6.17 Å². The Morgan fingerprint density at radius 1 is 1.21 bits per heavy atom. The van der Waals surface area contributed by atoms with Crippen molar-refractivity contribution in [3.63, 3.8) is 0 Å². The highest BCUT2D eigenvalue weighted by atomic mass is 19.1. The van der Waals surface area contributed by atoms with Crippen LogP contribution in [0, 0.1) is 19.0 Å². The van der Waals surface area contributed by atoms with Crippen LogP contribution in [-0.4, -0.2) is 4.98 Å². The quantitative estimate of drug-likeness (QED) is 0.575. The summed E-state index contributed by atoms with van der Waals surface area (Å²) in [6, 6.07) is 9.33. The number of hydrogen-bond acceptors (Lipinski definition) is 1. The average molecular weight is 185 g/mol. The topological polar surface area (TPSA) is 12.9 Å².